The molecule has 0 atom stereocenters. The average molecular weight is 1610 g/mol. The molecule has 10 aromatic rings. The Kier molecular flexibility index (Phi) is 18.5. The van der Waals surface area contributed by atoms with E-state index in [0.29, 0.717) is 24.3 Å². The summed E-state index contributed by atoms with van der Waals surface area (Å²) >= 11 is 0. The van der Waals surface area contributed by atoms with Crippen molar-refractivity contribution in [2.45, 2.75) is 71.6 Å². The maximum atomic E-state index is 17.1. The van der Waals surface area contributed by atoms with Crippen LogP contribution < -0.4 is 0 Å². The van der Waals surface area contributed by atoms with Gasteiger partial charge in [0.15, 0.2) is 0 Å². The van der Waals surface area contributed by atoms with Crippen molar-refractivity contribution in [1.29, 1.82) is 0 Å². The van der Waals surface area contributed by atoms with Crippen LogP contribution in [0.3, 0.4) is 0 Å². The molecule has 4 N–H and O–H groups in total. The lowest BCUT2D eigenvalue weighted by Crippen LogP contribution is -2.69. The molecule has 8 nitrogen and oxygen atoms in total. The van der Waals surface area contributed by atoms with Crippen LogP contribution >= 0.6 is 0 Å². The fraction of sp³-hybridized carbons (Fsp3) is 0.150. The number of halogens is 26. The Balaban J connectivity index is 1.01. The van der Waals surface area contributed by atoms with Gasteiger partial charge in [0.05, 0.1) is 89.9 Å². The lowest BCUT2D eigenvalue weighted by Gasteiger charge is -2.39. The third-order valence-corrected chi connectivity index (χ3v) is 18.7. The number of hydrogen-bond donors (Lipinski definition) is 4. The van der Waals surface area contributed by atoms with Crippen molar-refractivity contribution >= 4 is 92.7 Å². The molecule has 582 valence electrons. The lowest BCUT2D eigenvalue weighted by molar-refractivity contribution is -0.441. The minimum Gasteiger partial charge on any atom is -0.354 e. The van der Waals surface area contributed by atoms with E-state index in [-0.39, 0.29) is 112 Å². The average Bonchev–Trinajstić information content (AvgIpc) is 0.816. The summed E-state index contributed by atoms with van der Waals surface area (Å²) in [6, 6.07) is 37.9. The van der Waals surface area contributed by atoms with E-state index in [1.54, 1.807) is 0 Å². The monoisotopic (exact) mass is 1610 g/mol. The van der Waals surface area contributed by atoms with Gasteiger partial charge in [0.2, 0.25) is 0 Å². The third-order valence-electron chi connectivity index (χ3n) is 18.7. The molecule has 6 aromatic heterocycles. The zero-order chi connectivity index (χ0) is 82.1. The second-order valence-electron chi connectivity index (χ2n) is 25.7. The first kappa shape index (κ1) is 78.1. The first-order valence-electron chi connectivity index (χ1n) is 32.9. The maximum absolute atomic E-state index is 17.1. The van der Waals surface area contributed by atoms with Gasteiger partial charge in [-0.05, 0) is 143 Å². The number of fused-ring (bicyclic) bond motifs is 16. The normalized spacial score (nSPS) is 13.9. The predicted molar refractivity (Wildman–Crippen MR) is 373 cm³/mol. The summed E-state index contributed by atoms with van der Waals surface area (Å²) in [5.74, 6) is -66.7. The van der Waals surface area contributed by atoms with Crippen LogP contribution in [0.4, 0.5) is 114 Å². The van der Waals surface area contributed by atoms with Crippen molar-refractivity contribution in [3.8, 4) is 68.2 Å². The summed E-state index contributed by atoms with van der Waals surface area (Å²) in [4.78, 5) is 28.9. The fourth-order valence-corrected chi connectivity index (χ4v) is 13.0. The van der Waals surface area contributed by atoms with Crippen molar-refractivity contribution in [2.75, 3.05) is 0 Å². The molecule has 14 rings (SSSR count). The van der Waals surface area contributed by atoms with Gasteiger partial charge in [-0.25, -0.2) is 19.9 Å². The molecule has 4 aromatic carbocycles. The van der Waals surface area contributed by atoms with Crippen LogP contribution in [0.1, 0.15) is 67.8 Å². The van der Waals surface area contributed by atoms with E-state index in [4.69, 9.17) is 9.97 Å². The Morgan fingerprint density at radius 3 is 0.684 bits per heavy atom. The van der Waals surface area contributed by atoms with E-state index in [9.17, 15) is 61.5 Å². The molecule has 0 aliphatic carbocycles. The van der Waals surface area contributed by atoms with E-state index in [1.807, 2.05) is 0 Å². The summed E-state index contributed by atoms with van der Waals surface area (Å²) in [6.45, 7) is 0. The third kappa shape index (κ3) is 12.2. The predicted octanol–water partition coefficient (Wildman–Crippen LogP) is 24.1. The van der Waals surface area contributed by atoms with Crippen molar-refractivity contribution < 1.29 is 114 Å². The number of nitrogens with zero attached hydrogens (tertiary/aromatic N) is 4. The van der Waals surface area contributed by atoms with Crippen molar-refractivity contribution in [3.05, 3.63) is 238 Å². The zero-order valence-electron chi connectivity index (χ0n) is 56.4. The van der Waals surface area contributed by atoms with Gasteiger partial charge in [-0.1, -0.05) is 121 Å². The van der Waals surface area contributed by atoms with Gasteiger partial charge in [0, 0.05) is 44.3 Å². The summed E-state index contributed by atoms with van der Waals surface area (Å²) in [5.41, 5.74) is -11.9. The van der Waals surface area contributed by atoms with Crippen LogP contribution in [0.2, 0.25) is 0 Å². The maximum Gasteiger partial charge on any atom is 0.460 e. The molecule has 0 fully saturated rings. The first-order valence-corrected chi connectivity index (χ1v) is 32.9. The summed E-state index contributed by atoms with van der Waals surface area (Å²) in [6.07, 6.45) is -7.01. The lowest BCUT2D eigenvalue weighted by atomic mass is 9.90. The highest BCUT2D eigenvalue weighted by Crippen LogP contribution is 2.65. The highest BCUT2D eigenvalue weighted by atomic mass is 19.4. The number of H-pyrrole nitrogens is 4. The Bertz CT molecular complexity index is 5730. The van der Waals surface area contributed by atoms with Crippen LogP contribution in [0.5, 0.6) is 0 Å². The van der Waals surface area contributed by atoms with Gasteiger partial charge in [-0.15, -0.1) is 0 Å². The number of nitrogens with one attached hydrogen (secondary N) is 4. The number of rotatable bonds is 14. The van der Waals surface area contributed by atoms with Crippen LogP contribution in [-0.2, 0) is 11.8 Å². The molecule has 0 radical (unpaired) electrons. The number of aromatic amines is 4. The van der Waals surface area contributed by atoms with Crippen LogP contribution in [0.25, 0.3) is 137 Å². The number of benzene rings is 4. The van der Waals surface area contributed by atoms with Crippen LogP contribution in [0.15, 0.2) is 170 Å². The topological polar surface area (TPSA) is 115 Å². The van der Waals surface area contributed by atoms with Gasteiger partial charge in [-0.2, -0.15) is 114 Å². The summed E-state index contributed by atoms with van der Waals surface area (Å²) < 4.78 is 392. The minimum absolute atomic E-state index is 0.0158. The van der Waals surface area contributed by atoms with E-state index < -0.39 is 117 Å². The highest BCUT2D eigenvalue weighted by molar-refractivity contribution is 5.98. The van der Waals surface area contributed by atoms with Gasteiger partial charge in [-0.3, -0.25) is 0 Å². The molecule has 34 heteroatoms. The first-order chi connectivity index (χ1) is 53.4. The molecule has 16 bridgehead atoms. The Morgan fingerprint density at radius 1 is 0.211 bits per heavy atom. The fourth-order valence-electron chi connectivity index (χ4n) is 13.0. The minimum atomic E-state index is -8.24. The van der Waals surface area contributed by atoms with Crippen molar-refractivity contribution in [1.82, 2.24) is 39.9 Å². The smallest absolute Gasteiger partial charge is 0.354 e. The summed E-state index contributed by atoms with van der Waals surface area (Å²) in [7, 11) is 0. The Labute approximate surface area is 622 Å². The molecule has 0 unspecified atom stereocenters. The second kappa shape index (κ2) is 27.1. The molecule has 0 saturated carbocycles. The second-order valence-corrected chi connectivity index (χ2v) is 25.7. The quantitative estimate of drug-likeness (QED) is 0.0641. The standard InChI is InChI=1S/C80H40F26N8/c81-69(82,71(85,86)73(89,90)75(93,94)77(97,98)79(101,102)103)67-59-37-33-55(111-59)63(41-15-5-1-6-16-41)51-29-25-47(107-51)45(48-26-30-52(108-48)64(42-17-7-2-8-18-42)56-34-38-60(67)112-56)23-13-14-24-46-49-27-31-53(109-49)65(43-19-9-3-10-20-43)57-35-39-61(113-57)68(70(83,84)72(87,88)74(91,92)76(95,96)78(99,100)80(104,105)106)62-40-36-58(114-62)66(44-21-11-4-12-22-44)54-32-28-50(46)110-54/h1-12,15-22,25-40,107,109,112,114H. The molecular formula is C80H40F26N8. The van der Waals surface area contributed by atoms with Gasteiger partial charge in [0.1, 0.15) is 0 Å². The Morgan fingerprint density at radius 2 is 0.421 bits per heavy atom. The largest absolute Gasteiger partial charge is 0.460 e. The van der Waals surface area contributed by atoms with E-state index in [2.05, 4.69) is 53.6 Å². The van der Waals surface area contributed by atoms with Gasteiger partial charge >= 0.3 is 71.6 Å². The van der Waals surface area contributed by atoms with Crippen LogP contribution in [0, 0.1) is 23.7 Å². The van der Waals surface area contributed by atoms with Crippen LogP contribution in [-0.4, -0.2) is 99.6 Å². The SMILES string of the molecule is FC(F)(F)C(F)(F)C(F)(F)C(F)(F)C(F)(F)C(F)(F)c1c2nc(c(-c3ccccc3)c3ccc([nH]3)c(C#CC#Cc3c4nc(c(-c5ccccc5)c5ccc([nH]5)c(C(F)(F)C(F)(F)C(F)(F)C(F)(F)C(F)(F)C(F)(F)F)c5nc(c(-c6ccccc6)c6ccc3[nH]6)C=C5)C=C4)c3nc(c(-c4ccccc4)c4ccc1[nH]4)C=C3)C=C2. The molecule has 4 aliphatic heterocycles. The molecule has 0 spiro atoms. The van der Waals surface area contributed by atoms with Gasteiger partial charge in [0.25, 0.3) is 0 Å². The van der Waals surface area contributed by atoms with Crippen molar-refractivity contribution in [3.63, 3.8) is 0 Å². The number of alkyl halides is 26. The van der Waals surface area contributed by atoms with Gasteiger partial charge < -0.3 is 19.9 Å². The van der Waals surface area contributed by atoms with E-state index in [1.165, 1.54) is 170 Å². The molecule has 0 amide bonds. The Hall–Kier alpha value is -12.6. The number of hydrogen-bond acceptors (Lipinski definition) is 4. The molecular weight excluding hydrogens is 1570 g/mol. The van der Waals surface area contributed by atoms with E-state index in [0.717, 1.165) is 24.3 Å². The van der Waals surface area contributed by atoms with Crippen molar-refractivity contribution in [2.24, 2.45) is 0 Å². The molecule has 4 aliphatic rings. The highest BCUT2D eigenvalue weighted by Gasteiger charge is 2.92. The van der Waals surface area contributed by atoms with E-state index >= 15 is 52.7 Å². The summed E-state index contributed by atoms with van der Waals surface area (Å²) in [5, 5.41) is 0. The number of aromatic nitrogens is 8. The molecule has 10 heterocycles. The zero-order valence-corrected chi connectivity index (χ0v) is 56.4. The molecule has 114 heavy (non-hydrogen) atoms. The molecule has 0 saturated heterocycles.